The van der Waals surface area contributed by atoms with Crippen LogP contribution in [0.2, 0.25) is 0 Å². The summed E-state index contributed by atoms with van der Waals surface area (Å²) in [5, 5.41) is 8.84. The second-order valence-electron chi connectivity index (χ2n) is 4.27. The van der Waals surface area contributed by atoms with Gasteiger partial charge in [0.15, 0.2) is 11.6 Å². The predicted molar refractivity (Wildman–Crippen MR) is 57.4 cm³/mol. The van der Waals surface area contributed by atoms with Gasteiger partial charge in [-0.2, -0.15) is 0 Å². The molecule has 5 heteroatoms. The van der Waals surface area contributed by atoms with Crippen LogP contribution in [0.5, 0.6) is 0 Å². The van der Waals surface area contributed by atoms with Crippen LogP contribution in [0, 0.1) is 17.6 Å². The van der Waals surface area contributed by atoms with Crippen molar-refractivity contribution in [1.82, 2.24) is 4.90 Å². The van der Waals surface area contributed by atoms with Crippen LogP contribution < -0.4 is 0 Å². The molecule has 0 unspecified atom stereocenters. The molecule has 0 amide bonds. The summed E-state index contributed by atoms with van der Waals surface area (Å²) in [5.41, 5.74) is 0.274. The van der Waals surface area contributed by atoms with Crippen molar-refractivity contribution in [3.05, 3.63) is 35.4 Å². The third-order valence-corrected chi connectivity index (χ3v) is 3.05. The summed E-state index contributed by atoms with van der Waals surface area (Å²) >= 11 is 0. The Balaban J connectivity index is 2.03. The topological polar surface area (TPSA) is 40.5 Å². The second-order valence-corrected chi connectivity index (χ2v) is 4.27. The van der Waals surface area contributed by atoms with Crippen LogP contribution in [0.1, 0.15) is 12.0 Å². The third-order valence-electron chi connectivity index (χ3n) is 3.05. The van der Waals surface area contributed by atoms with E-state index in [-0.39, 0.29) is 12.1 Å². The van der Waals surface area contributed by atoms with Crippen molar-refractivity contribution >= 4 is 5.97 Å². The molecular weight excluding hydrogens is 228 g/mol. The molecule has 1 aliphatic heterocycles. The lowest BCUT2D eigenvalue weighted by molar-refractivity contribution is -0.141. The first-order chi connectivity index (χ1) is 8.08. The number of carboxylic acids is 1. The maximum Gasteiger partial charge on any atom is 0.307 e. The van der Waals surface area contributed by atoms with E-state index in [2.05, 4.69) is 0 Å². The molecule has 92 valence electrons. The van der Waals surface area contributed by atoms with Crippen LogP contribution in [0.15, 0.2) is 18.2 Å². The predicted octanol–water partition coefficient (Wildman–Crippen LogP) is 1.87. The molecule has 0 bridgehead atoms. The number of carbonyl (C=O) groups is 1. The average Bonchev–Trinajstić information content (AvgIpc) is 2.73. The molecule has 0 aromatic heterocycles. The monoisotopic (exact) mass is 241 g/mol. The third kappa shape index (κ3) is 2.61. The van der Waals surface area contributed by atoms with Gasteiger partial charge in [-0.25, -0.2) is 8.78 Å². The molecule has 1 heterocycles. The fraction of sp³-hybridized carbons (Fsp3) is 0.417. The summed E-state index contributed by atoms with van der Waals surface area (Å²) in [6, 6.07) is 4.05. The Kier molecular flexibility index (Phi) is 3.38. The number of hydrogen-bond donors (Lipinski definition) is 1. The van der Waals surface area contributed by atoms with Gasteiger partial charge in [0.2, 0.25) is 0 Å². The number of benzene rings is 1. The Morgan fingerprint density at radius 2 is 2.24 bits per heavy atom. The zero-order valence-corrected chi connectivity index (χ0v) is 9.20. The van der Waals surface area contributed by atoms with Crippen LogP contribution in [-0.4, -0.2) is 29.1 Å². The van der Waals surface area contributed by atoms with E-state index in [1.54, 1.807) is 0 Å². The summed E-state index contributed by atoms with van der Waals surface area (Å²) in [7, 11) is 0. The molecule has 1 fully saturated rings. The molecule has 0 aliphatic carbocycles. The average molecular weight is 241 g/mol. The highest BCUT2D eigenvalue weighted by molar-refractivity contribution is 5.70. The number of carboxylic acid groups (broad SMARTS) is 1. The zero-order chi connectivity index (χ0) is 12.4. The van der Waals surface area contributed by atoms with Gasteiger partial charge in [0, 0.05) is 18.7 Å². The molecule has 0 saturated carbocycles. The molecule has 1 saturated heterocycles. The smallest absolute Gasteiger partial charge is 0.307 e. The van der Waals surface area contributed by atoms with Crippen molar-refractivity contribution in [2.45, 2.75) is 13.0 Å². The second kappa shape index (κ2) is 4.79. The Morgan fingerprint density at radius 3 is 2.88 bits per heavy atom. The van der Waals surface area contributed by atoms with Crippen molar-refractivity contribution in [2.75, 3.05) is 13.1 Å². The van der Waals surface area contributed by atoms with Crippen LogP contribution in [0.25, 0.3) is 0 Å². The SMILES string of the molecule is O=C(O)[C@@H]1CCN(Cc2cccc(F)c2F)C1. The fourth-order valence-corrected chi connectivity index (χ4v) is 2.09. The number of rotatable bonds is 3. The van der Waals surface area contributed by atoms with Crippen LogP contribution in [0.4, 0.5) is 8.78 Å². The first-order valence-electron chi connectivity index (χ1n) is 5.46. The molecule has 3 nitrogen and oxygen atoms in total. The van der Waals surface area contributed by atoms with E-state index in [0.717, 1.165) is 6.07 Å². The summed E-state index contributed by atoms with van der Waals surface area (Å²) in [4.78, 5) is 12.6. The van der Waals surface area contributed by atoms with Gasteiger partial charge in [-0.05, 0) is 19.0 Å². The molecule has 1 N–H and O–H groups in total. The van der Waals surface area contributed by atoms with Gasteiger partial charge < -0.3 is 5.11 Å². The van der Waals surface area contributed by atoms with Gasteiger partial charge in [0.05, 0.1) is 5.92 Å². The van der Waals surface area contributed by atoms with E-state index in [1.165, 1.54) is 12.1 Å². The van der Waals surface area contributed by atoms with Crippen LogP contribution in [0.3, 0.4) is 0 Å². The van der Waals surface area contributed by atoms with Crippen molar-refractivity contribution < 1.29 is 18.7 Å². The van der Waals surface area contributed by atoms with Gasteiger partial charge in [0.1, 0.15) is 0 Å². The number of nitrogens with zero attached hydrogens (tertiary/aromatic N) is 1. The molecule has 1 aromatic carbocycles. The maximum absolute atomic E-state index is 13.4. The molecular formula is C12H13F2NO2. The fourth-order valence-electron chi connectivity index (χ4n) is 2.09. The van der Waals surface area contributed by atoms with Crippen LogP contribution >= 0.6 is 0 Å². The molecule has 0 radical (unpaired) electrons. The highest BCUT2D eigenvalue weighted by Crippen LogP contribution is 2.20. The summed E-state index contributed by atoms with van der Waals surface area (Å²) < 4.78 is 26.4. The van der Waals surface area contributed by atoms with Crippen molar-refractivity contribution in [3.8, 4) is 0 Å². The minimum atomic E-state index is -0.864. The summed E-state index contributed by atoms with van der Waals surface area (Å²) in [5.74, 6) is -2.93. The Bertz CT molecular complexity index is 437. The summed E-state index contributed by atoms with van der Waals surface area (Å²) in [6.45, 7) is 1.26. The van der Waals surface area contributed by atoms with Gasteiger partial charge in [0.25, 0.3) is 0 Å². The first-order valence-corrected chi connectivity index (χ1v) is 5.46. The minimum Gasteiger partial charge on any atom is -0.481 e. The highest BCUT2D eigenvalue weighted by Gasteiger charge is 2.28. The van der Waals surface area contributed by atoms with Crippen molar-refractivity contribution in [2.24, 2.45) is 5.92 Å². The lowest BCUT2D eigenvalue weighted by atomic mass is 10.1. The Morgan fingerprint density at radius 1 is 1.47 bits per heavy atom. The van der Waals surface area contributed by atoms with Crippen LogP contribution in [-0.2, 0) is 11.3 Å². The molecule has 17 heavy (non-hydrogen) atoms. The van der Waals surface area contributed by atoms with E-state index in [4.69, 9.17) is 5.11 Å². The van der Waals surface area contributed by atoms with E-state index in [9.17, 15) is 13.6 Å². The standard InChI is InChI=1S/C12H13F2NO2/c13-10-3-1-2-8(11(10)14)6-15-5-4-9(7-15)12(16)17/h1-3,9H,4-7H2,(H,16,17)/t9-/m1/s1. The number of hydrogen-bond acceptors (Lipinski definition) is 2. The molecule has 2 rings (SSSR count). The van der Waals surface area contributed by atoms with Crippen molar-refractivity contribution in [1.29, 1.82) is 0 Å². The normalized spacial score (nSPS) is 20.7. The highest BCUT2D eigenvalue weighted by atomic mass is 19.2. The van der Waals surface area contributed by atoms with Gasteiger partial charge >= 0.3 is 5.97 Å². The van der Waals surface area contributed by atoms with Gasteiger partial charge in [-0.15, -0.1) is 0 Å². The van der Waals surface area contributed by atoms with Gasteiger partial charge in [-0.3, -0.25) is 9.69 Å². The number of halogens is 2. The first kappa shape index (κ1) is 12.0. The molecule has 0 spiro atoms. The zero-order valence-electron chi connectivity index (χ0n) is 9.20. The van der Waals surface area contributed by atoms with E-state index in [1.807, 2.05) is 4.90 Å². The van der Waals surface area contributed by atoms with E-state index >= 15 is 0 Å². The van der Waals surface area contributed by atoms with E-state index in [0.29, 0.717) is 19.5 Å². The lowest BCUT2D eigenvalue weighted by Crippen LogP contribution is -2.23. The molecule has 1 aliphatic rings. The largest absolute Gasteiger partial charge is 0.481 e. The number of aliphatic carboxylic acids is 1. The lowest BCUT2D eigenvalue weighted by Gasteiger charge is -2.15. The maximum atomic E-state index is 13.4. The minimum absolute atomic E-state index is 0.257. The quantitative estimate of drug-likeness (QED) is 0.878. The van der Waals surface area contributed by atoms with Gasteiger partial charge in [-0.1, -0.05) is 12.1 Å². The Labute approximate surface area is 97.7 Å². The summed E-state index contributed by atoms with van der Waals surface area (Å²) in [6.07, 6.45) is 0.562. The molecule has 1 aromatic rings. The number of likely N-dealkylation sites (tertiary alicyclic amines) is 1. The van der Waals surface area contributed by atoms with E-state index < -0.39 is 23.5 Å². The molecule has 1 atom stereocenters. The van der Waals surface area contributed by atoms with Crippen molar-refractivity contribution in [3.63, 3.8) is 0 Å². The Hall–Kier alpha value is -1.49.